The average molecular weight is 291 g/mol. The van der Waals surface area contributed by atoms with Crippen molar-refractivity contribution in [2.24, 2.45) is 0 Å². The normalized spacial score (nSPS) is 10.8. The molecule has 2 rings (SSSR count). The van der Waals surface area contributed by atoms with Crippen molar-refractivity contribution in [1.82, 2.24) is 15.5 Å². The minimum absolute atomic E-state index is 0.300. The van der Waals surface area contributed by atoms with Gasteiger partial charge in [0.15, 0.2) is 0 Å². The molecule has 0 aliphatic carbocycles. The Morgan fingerprint density at radius 1 is 1.20 bits per heavy atom. The Labute approximate surface area is 123 Å². The van der Waals surface area contributed by atoms with Crippen LogP contribution in [0.3, 0.4) is 0 Å². The molecule has 0 saturated heterocycles. The first-order valence-corrected chi connectivity index (χ1v) is 7.89. The van der Waals surface area contributed by atoms with E-state index in [9.17, 15) is 5.11 Å². The Morgan fingerprint density at radius 2 is 2.05 bits per heavy atom. The molecule has 0 saturated carbocycles. The first-order chi connectivity index (χ1) is 9.78. The first-order valence-electron chi connectivity index (χ1n) is 7.08. The van der Waals surface area contributed by atoms with Gasteiger partial charge in [0.25, 0.3) is 0 Å². The number of rotatable bonds is 8. The summed E-state index contributed by atoms with van der Waals surface area (Å²) in [7, 11) is 0. The Hall–Kier alpha value is -1.46. The van der Waals surface area contributed by atoms with E-state index < -0.39 is 0 Å². The Bertz CT molecular complexity index is 527. The first kappa shape index (κ1) is 14.9. The van der Waals surface area contributed by atoms with E-state index in [1.807, 2.05) is 12.1 Å². The summed E-state index contributed by atoms with van der Waals surface area (Å²) >= 11 is 1.67. The van der Waals surface area contributed by atoms with Gasteiger partial charge in [-0.05, 0) is 43.6 Å². The minimum atomic E-state index is 0.300. The summed E-state index contributed by atoms with van der Waals surface area (Å²) < 4.78 is 0. The third-order valence-corrected chi connectivity index (χ3v) is 3.93. The number of phenols is 1. The molecule has 1 heterocycles. The van der Waals surface area contributed by atoms with Crippen LogP contribution in [0.15, 0.2) is 24.3 Å². The second kappa shape index (κ2) is 7.97. The van der Waals surface area contributed by atoms with E-state index in [2.05, 4.69) is 22.4 Å². The van der Waals surface area contributed by atoms with Crippen LogP contribution in [-0.4, -0.2) is 28.4 Å². The van der Waals surface area contributed by atoms with Crippen LogP contribution in [0.25, 0.3) is 0 Å². The maximum absolute atomic E-state index is 9.44. The van der Waals surface area contributed by atoms with Crippen molar-refractivity contribution in [3.63, 3.8) is 0 Å². The maximum Gasteiger partial charge on any atom is 0.121 e. The number of hydrogen-bond donors (Lipinski definition) is 2. The standard InChI is InChI=1S/C15H21N3OS/c1-2-8-16-9-4-7-14-17-18-15(20-14)11-12-5-3-6-13(19)10-12/h3,5-6,10,16,19H,2,4,7-9,11H2,1H3. The van der Waals surface area contributed by atoms with Gasteiger partial charge in [-0.15, -0.1) is 21.5 Å². The molecule has 0 radical (unpaired) electrons. The lowest BCUT2D eigenvalue weighted by atomic mass is 10.1. The summed E-state index contributed by atoms with van der Waals surface area (Å²) in [6.07, 6.45) is 3.99. The van der Waals surface area contributed by atoms with E-state index in [-0.39, 0.29) is 0 Å². The highest BCUT2D eigenvalue weighted by Gasteiger charge is 2.05. The molecule has 2 N–H and O–H groups in total. The highest BCUT2D eigenvalue weighted by atomic mass is 32.1. The summed E-state index contributed by atoms with van der Waals surface area (Å²) in [5, 5.41) is 23.4. The maximum atomic E-state index is 9.44. The number of aryl methyl sites for hydroxylation is 1. The van der Waals surface area contributed by atoms with Gasteiger partial charge in [0.05, 0.1) is 0 Å². The van der Waals surface area contributed by atoms with Crippen molar-refractivity contribution in [2.45, 2.75) is 32.6 Å². The summed E-state index contributed by atoms with van der Waals surface area (Å²) in [6, 6.07) is 7.30. The van der Waals surface area contributed by atoms with Gasteiger partial charge in [0.1, 0.15) is 15.8 Å². The molecule has 0 aliphatic rings. The van der Waals surface area contributed by atoms with Gasteiger partial charge < -0.3 is 10.4 Å². The highest BCUT2D eigenvalue weighted by molar-refractivity contribution is 7.11. The van der Waals surface area contributed by atoms with Crippen molar-refractivity contribution >= 4 is 11.3 Å². The molecule has 0 aliphatic heterocycles. The zero-order chi connectivity index (χ0) is 14.2. The van der Waals surface area contributed by atoms with E-state index in [4.69, 9.17) is 0 Å². The van der Waals surface area contributed by atoms with Crippen LogP contribution in [0.5, 0.6) is 5.75 Å². The predicted octanol–water partition coefficient (Wildman–Crippen LogP) is 2.77. The molecular weight excluding hydrogens is 270 g/mol. The van der Waals surface area contributed by atoms with Crippen molar-refractivity contribution in [1.29, 1.82) is 0 Å². The zero-order valence-corrected chi connectivity index (χ0v) is 12.6. The number of nitrogens with one attached hydrogen (secondary N) is 1. The van der Waals surface area contributed by atoms with Crippen molar-refractivity contribution in [2.75, 3.05) is 13.1 Å². The number of phenolic OH excluding ortho intramolecular Hbond substituents is 1. The van der Waals surface area contributed by atoms with Gasteiger partial charge in [-0.2, -0.15) is 0 Å². The monoisotopic (exact) mass is 291 g/mol. The molecule has 0 atom stereocenters. The lowest BCUT2D eigenvalue weighted by Crippen LogP contribution is -2.16. The van der Waals surface area contributed by atoms with E-state index >= 15 is 0 Å². The number of aromatic nitrogens is 2. The minimum Gasteiger partial charge on any atom is -0.508 e. The lowest BCUT2D eigenvalue weighted by molar-refractivity contribution is 0.474. The second-order valence-corrected chi connectivity index (χ2v) is 5.94. The highest BCUT2D eigenvalue weighted by Crippen LogP contribution is 2.18. The molecule has 0 fully saturated rings. The molecule has 1 aromatic heterocycles. The summed E-state index contributed by atoms with van der Waals surface area (Å²) in [4.78, 5) is 0. The van der Waals surface area contributed by atoms with Crippen LogP contribution in [0.1, 0.15) is 35.3 Å². The van der Waals surface area contributed by atoms with Crippen LogP contribution in [0.2, 0.25) is 0 Å². The van der Waals surface area contributed by atoms with Gasteiger partial charge in [-0.25, -0.2) is 0 Å². The molecular formula is C15H21N3OS. The van der Waals surface area contributed by atoms with Crippen LogP contribution >= 0.6 is 11.3 Å². The quantitative estimate of drug-likeness (QED) is 0.734. The third kappa shape index (κ3) is 4.90. The molecule has 2 aromatic rings. The second-order valence-electron chi connectivity index (χ2n) is 4.79. The van der Waals surface area contributed by atoms with Gasteiger partial charge in [0, 0.05) is 12.8 Å². The molecule has 20 heavy (non-hydrogen) atoms. The third-order valence-electron chi connectivity index (χ3n) is 2.95. The van der Waals surface area contributed by atoms with Gasteiger partial charge in [-0.1, -0.05) is 19.1 Å². The van der Waals surface area contributed by atoms with Crippen LogP contribution < -0.4 is 5.32 Å². The fraction of sp³-hybridized carbons (Fsp3) is 0.467. The van der Waals surface area contributed by atoms with Crippen molar-refractivity contribution in [3.8, 4) is 5.75 Å². The fourth-order valence-corrected chi connectivity index (χ4v) is 2.89. The SMILES string of the molecule is CCCNCCCc1nnc(Cc2cccc(O)c2)s1. The van der Waals surface area contributed by atoms with Crippen LogP contribution in [-0.2, 0) is 12.8 Å². The van der Waals surface area contributed by atoms with Gasteiger partial charge >= 0.3 is 0 Å². The summed E-state index contributed by atoms with van der Waals surface area (Å²) in [6.45, 7) is 4.29. The molecule has 0 bridgehead atoms. The smallest absolute Gasteiger partial charge is 0.121 e. The van der Waals surface area contributed by atoms with Crippen LogP contribution in [0, 0.1) is 0 Å². The Kier molecular flexibility index (Phi) is 5.95. The lowest BCUT2D eigenvalue weighted by Gasteiger charge is -2.00. The molecule has 1 aromatic carbocycles. The van der Waals surface area contributed by atoms with Crippen molar-refractivity contribution < 1.29 is 5.11 Å². The largest absolute Gasteiger partial charge is 0.508 e. The molecule has 5 heteroatoms. The number of benzene rings is 1. The van der Waals surface area contributed by atoms with E-state index in [1.54, 1.807) is 23.5 Å². The van der Waals surface area contributed by atoms with E-state index in [0.717, 1.165) is 47.9 Å². The Morgan fingerprint density at radius 3 is 2.85 bits per heavy atom. The summed E-state index contributed by atoms with van der Waals surface area (Å²) in [5.41, 5.74) is 1.07. The molecule has 0 spiro atoms. The zero-order valence-electron chi connectivity index (χ0n) is 11.8. The molecule has 4 nitrogen and oxygen atoms in total. The van der Waals surface area contributed by atoms with Crippen molar-refractivity contribution in [3.05, 3.63) is 39.8 Å². The predicted molar refractivity (Wildman–Crippen MR) is 82.3 cm³/mol. The fourth-order valence-electron chi connectivity index (χ4n) is 1.97. The van der Waals surface area contributed by atoms with E-state index in [1.165, 1.54) is 6.42 Å². The van der Waals surface area contributed by atoms with Crippen LogP contribution in [0.4, 0.5) is 0 Å². The number of nitrogens with zero attached hydrogens (tertiary/aromatic N) is 2. The topological polar surface area (TPSA) is 58.0 Å². The van der Waals surface area contributed by atoms with Gasteiger partial charge in [-0.3, -0.25) is 0 Å². The Balaban J connectivity index is 1.80. The van der Waals surface area contributed by atoms with E-state index in [0.29, 0.717) is 5.75 Å². The van der Waals surface area contributed by atoms with Gasteiger partial charge in [0.2, 0.25) is 0 Å². The summed E-state index contributed by atoms with van der Waals surface area (Å²) in [5.74, 6) is 0.300. The average Bonchev–Trinajstić information content (AvgIpc) is 2.86. The molecule has 0 unspecified atom stereocenters. The molecule has 108 valence electrons. The number of hydrogen-bond acceptors (Lipinski definition) is 5. The number of aromatic hydroxyl groups is 1. The molecule has 0 amide bonds.